The van der Waals surface area contributed by atoms with Crippen LogP contribution in [0.2, 0.25) is 0 Å². The molecule has 1 aromatic carbocycles. The number of amides is 1. The number of rotatable bonds is 5. The zero-order valence-corrected chi connectivity index (χ0v) is 10.7. The van der Waals surface area contributed by atoms with Crippen molar-refractivity contribution in [2.24, 2.45) is 11.1 Å². The Morgan fingerprint density at radius 2 is 2.11 bits per heavy atom. The van der Waals surface area contributed by atoms with E-state index in [1.807, 2.05) is 30.3 Å². The summed E-state index contributed by atoms with van der Waals surface area (Å²) in [6, 6.07) is 9.32. The van der Waals surface area contributed by atoms with Gasteiger partial charge in [-0.3, -0.25) is 4.79 Å². The average molecular weight is 248 g/mol. The topological polar surface area (TPSA) is 64.4 Å². The molecule has 18 heavy (non-hydrogen) atoms. The number of hydrogen-bond donors (Lipinski definition) is 2. The van der Waals surface area contributed by atoms with Crippen LogP contribution in [0.15, 0.2) is 30.3 Å². The second-order valence-corrected chi connectivity index (χ2v) is 5.32. The van der Waals surface area contributed by atoms with Crippen LogP contribution in [0, 0.1) is 5.41 Å². The first-order chi connectivity index (χ1) is 8.59. The van der Waals surface area contributed by atoms with Crippen molar-refractivity contribution in [2.45, 2.75) is 19.4 Å². The number of carbonyl (C=O) groups excluding carboxylic acids is 1. The SMILES string of the molecule is CC1(CNC(=O)[C@H](N)Cc2ccccc2)COC1. The molecule has 0 bridgehead atoms. The smallest absolute Gasteiger partial charge is 0.237 e. The maximum Gasteiger partial charge on any atom is 0.237 e. The van der Waals surface area contributed by atoms with E-state index >= 15 is 0 Å². The van der Waals surface area contributed by atoms with Gasteiger partial charge in [-0.1, -0.05) is 37.3 Å². The summed E-state index contributed by atoms with van der Waals surface area (Å²) in [5, 5.41) is 2.90. The normalized spacial score (nSPS) is 18.8. The second kappa shape index (κ2) is 5.50. The molecule has 4 heteroatoms. The Bertz CT molecular complexity index is 402. The van der Waals surface area contributed by atoms with Gasteiger partial charge < -0.3 is 15.8 Å². The summed E-state index contributed by atoms with van der Waals surface area (Å²) in [5.41, 5.74) is 7.06. The average Bonchev–Trinajstić information content (AvgIpc) is 2.34. The predicted octanol–water partition coefficient (Wildman–Crippen LogP) is 0.709. The van der Waals surface area contributed by atoms with E-state index in [2.05, 4.69) is 12.2 Å². The third-order valence-electron chi connectivity index (χ3n) is 3.23. The maximum atomic E-state index is 11.9. The van der Waals surface area contributed by atoms with Gasteiger partial charge in [-0.2, -0.15) is 0 Å². The molecule has 0 unspecified atom stereocenters. The molecule has 0 spiro atoms. The molecular weight excluding hydrogens is 228 g/mol. The minimum atomic E-state index is -0.489. The summed E-state index contributed by atoms with van der Waals surface area (Å²) in [5.74, 6) is -0.0908. The summed E-state index contributed by atoms with van der Waals surface area (Å²) >= 11 is 0. The first-order valence-corrected chi connectivity index (χ1v) is 6.24. The van der Waals surface area contributed by atoms with Crippen LogP contribution < -0.4 is 11.1 Å². The first kappa shape index (κ1) is 13.1. The molecule has 1 aromatic rings. The van der Waals surface area contributed by atoms with Crippen LogP contribution in [0.5, 0.6) is 0 Å². The summed E-state index contributed by atoms with van der Waals surface area (Å²) < 4.78 is 5.14. The van der Waals surface area contributed by atoms with Gasteiger partial charge in [0.05, 0.1) is 19.3 Å². The van der Waals surface area contributed by atoms with Crippen molar-refractivity contribution in [1.82, 2.24) is 5.32 Å². The summed E-state index contributed by atoms with van der Waals surface area (Å²) in [4.78, 5) is 11.9. The Morgan fingerprint density at radius 1 is 1.44 bits per heavy atom. The fourth-order valence-corrected chi connectivity index (χ4v) is 1.94. The molecule has 1 fully saturated rings. The monoisotopic (exact) mass is 248 g/mol. The minimum Gasteiger partial charge on any atom is -0.380 e. The quantitative estimate of drug-likeness (QED) is 0.806. The Labute approximate surface area is 108 Å². The highest BCUT2D eigenvalue weighted by Crippen LogP contribution is 2.24. The van der Waals surface area contributed by atoms with Crippen LogP contribution in [0.4, 0.5) is 0 Å². The predicted molar refractivity (Wildman–Crippen MR) is 70.1 cm³/mol. The van der Waals surface area contributed by atoms with E-state index in [1.54, 1.807) is 0 Å². The molecule has 2 rings (SSSR count). The van der Waals surface area contributed by atoms with Gasteiger partial charge in [-0.15, -0.1) is 0 Å². The Kier molecular flexibility index (Phi) is 3.99. The van der Waals surface area contributed by atoms with Crippen molar-refractivity contribution in [3.8, 4) is 0 Å². The fourth-order valence-electron chi connectivity index (χ4n) is 1.94. The molecule has 1 aliphatic heterocycles. The lowest BCUT2D eigenvalue weighted by Crippen LogP contribution is -2.51. The van der Waals surface area contributed by atoms with Crippen LogP contribution >= 0.6 is 0 Å². The summed E-state index contributed by atoms with van der Waals surface area (Å²) in [6.07, 6.45) is 0.569. The van der Waals surface area contributed by atoms with Crippen molar-refractivity contribution in [3.05, 3.63) is 35.9 Å². The highest BCUT2D eigenvalue weighted by atomic mass is 16.5. The molecule has 1 saturated heterocycles. The van der Waals surface area contributed by atoms with E-state index in [0.717, 1.165) is 5.56 Å². The molecule has 4 nitrogen and oxygen atoms in total. The van der Waals surface area contributed by atoms with Gasteiger partial charge in [0.2, 0.25) is 5.91 Å². The maximum absolute atomic E-state index is 11.9. The van der Waals surface area contributed by atoms with Gasteiger partial charge in [0, 0.05) is 12.0 Å². The van der Waals surface area contributed by atoms with Crippen LogP contribution in [0.3, 0.4) is 0 Å². The number of nitrogens with two attached hydrogens (primary N) is 1. The molecule has 3 N–H and O–H groups in total. The third kappa shape index (κ3) is 3.31. The number of carbonyl (C=O) groups is 1. The van der Waals surface area contributed by atoms with Crippen LogP contribution in [-0.2, 0) is 16.0 Å². The van der Waals surface area contributed by atoms with Gasteiger partial charge in [-0.05, 0) is 12.0 Å². The lowest BCUT2D eigenvalue weighted by molar-refractivity contribution is -0.127. The number of hydrogen-bond acceptors (Lipinski definition) is 3. The molecule has 98 valence electrons. The molecule has 0 aliphatic carbocycles. The lowest BCUT2D eigenvalue weighted by atomic mass is 9.88. The van der Waals surface area contributed by atoms with E-state index < -0.39 is 6.04 Å². The third-order valence-corrected chi connectivity index (χ3v) is 3.23. The van der Waals surface area contributed by atoms with E-state index in [0.29, 0.717) is 26.2 Å². The van der Waals surface area contributed by atoms with Gasteiger partial charge in [-0.25, -0.2) is 0 Å². The highest BCUT2D eigenvalue weighted by Gasteiger charge is 2.33. The number of benzene rings is 1. The van der Waals surface area contributed by atoms with E-state index in [-0.39, 0.29) is 11.3 Å². The molecule has 1 amide bonds. The fraction of sp³-hybridized carbons (Fsp3) is 0.500. The Morgan fingerprint density at radius 3 is 2.67 bits per heavy atom. The van der Waals surface area contributed by atoms with Crippen molar-refractivity contribution < 1.29 is 9.53 Å². The molecule has 0 radical (unpaired) electrons. The molecule has 1 aliphatic rings. The summed E-state index contributed by atoms with van der Waals surface area (Å²) in [6.45, 7) is 4.15. The zero-order valence-electron chi connectivity index (χ0n) is 10.7. The van der Waals surface area contributed by atoms with Crippen molar-refractivity contribution in [1.29, 1.82) is 0 Å². The first-order valence-electron chi connectivity index (χ1n) is 6.24. The lowest BCUT2D eigenvalue weighted by Gasteiger charge is -2.38. The van der Waals surface area contributed by atoms with Gasteiger partial charge in [0.25, 0.3) is 0 Å². The number of ether oxygens (including phenoxy) is 1. The van der Waals surface area contributed by atoms with E-state index in [4.69, 9.17) is 10.5 Å². The molecular formula is C14H20N2O2. The van der Waals surface area contributed by atoms with Crippen molar-refractivity contribution in [2.75, 3.05) is 19.8 Å². The standard InChI is InChI=1S/C14H20N2O2/c1-14(9-18-10-14)8-16-13(17)12(15)7-11-5-3-2-4-6-11/h2-6,12H,7-10,15H2,1H3,(H,16,17)/t12-/m1/s1. The van der Waals surface area contributed by atoms with Crippen LogP contribution in [0.1, 0.15) is 12.5 Å². The molecule has 1 atom stereocenters. The Balaban J connectivity index is 1.78. The van der Waals surface area contributed by atoms with Gasteiger partial charge >= 0.3 is 0 Å². The van der Waals surface area contributed by atoms with Crippen molar-refractivity contribution >= 4 is 5.91 Å². The van der Waals surface area contributed by atoms with Crippen molar-refractivity contribution in [3.63, 3.8) is 0 Å². The van der Waals surface area contributed by atoms with E-state index in [9.17, 15) is 4.79 Å². The van der Waals surface area contributed by atoms with Crippen LogP contribution in [0.25, 0.3) is 0 Å². The van der Waals surface area contributed by atoms with Gasteiger partial charge in [0.1, 0.15) is 0 Å². The largest absolute Gasteiger partial charge is 0.380 e. The second-order valence-electron chi connectivity index (χ2n) is 5.32. The highest BCUT2D eigenvalue weighted by molar-refractivity contribution is 5.81. The number of nitrogens with one attached hydrogen (secondary N) is 1. The molecule has 0 aromatic heterocycles. The molecule has 0 saturated carbocycles. The molecule has 1 heterocycles. The zero-order chi connectivity index (χ0) is 13.0. The minimum absolute atomic E-state index is 0.0854. The van der Waals surface area contributed by atoms with Crippen LogP contribution in [-0.4, -0.2) is 31.7 Å². The Hall–Kier alpha value is -1.39. The van der Waals surface area contributed by atoms with Gasteiger partial charge in [0.15, 0.2) is 0 Å². The summed E-state index contributed by atoms with van der Waals surface area (Å²) in [7, 11) is 0. The van der Waals surface area contributed by atoms with E-state index in [1.165, 1.54) is 0 Å².